The highest BCUT2D eigenvalue weighted by atomic mass is 32.2. The van der Waals surface area contributed by atoms with E-state index in [1.807, 2.05) is 0 Å². The van der Waals surface area contributed by atoms with Gasteiger partial charge in [0.2, 0.25) is 10.0 Å². The first-order valence-corrected chi connectivity index (χ1v) is 10.2. The van der Waals surface area contributed by atoms with Gasteiger partial charge in [-0.3, -0.25) is 15.0 Å². The van der Waals surface area contributed by atoms with Crippen molar-refractivity contribution in [3.8, 4) is 0 Å². The number of methoxy groups -OCH3 is 1. The molecular weight excluding hydrogens is 346 g/mol. The second-order valence-corrected chi connectivity index (χ2v) is 10.0. The normalized spacial score (nSPS) is 42.3. The summed E-state index contributed by atoms with van der Waals surface area (Å²) in [4.78, 5) is 25.0. The number of hydrogen-bond donors (Lipinski definition) is 1. The van der Waals surface area contributed by atoms with E-state index >= 15 is 0 Å². The Bertz CT molecular complexity index is 777. The number of sulfonamides is 1. The largest absolute Gasteiger partial charge is 0.468 e. The third-order valence-electron chi connectivity index (χ3n) is 7.18. The molecule has 1 amide bonds. The van der Waals surface area contributed by atoms with Crippen LogP contribution in [-0.2, 0) is 24.3 Å². The average Bonchev–Trinajstić information content (AvgIpc) is 3.22. The number of ether oxygens (including phenoxy) is 1. The molecule has 3 fully saturated rings. The molecule has 0 aromatic rings. The Labute approximate surface area is 147 Å². The zero-order chi connectivity index (χ0) is 18.2. The highest BCUT2D eigenvalue weighted by molar-refractivity contribution is 7.90. The molecule has 2 saturated carbocycles. The summed E-state index contributed by atoms with van der Waals surface area (Å²) in [5.74, 6) is -1.68. The topological polar surface area (TPSA) is 105 Å². The van der Waals surface area contributed by atoms with E-state index in [2.05, 4.69) is 24.4 Å². The molecule has 0 unspecified atom stereocenters. The van der Waals surface area contributed by atoms with Gasteiger partial charge < -0.3 is 4.74 Å². The summed E-state index contributed by atoms with van der Waals surface area (Å²) in [5.41, 5.74) is 2.10. The van der Waals surface area contributed by atoms with Crippen LogP contribution in [0.2, 0.25) is 0 Å². The lowest BCUT2D eigenvalue weighted by Crippen LogP contribution is -2.53. The maximum Gasteiger partial charge on any atom is 0.316 e. The van der Waals surface area contributed by atoms with Gasteiger partial charge in [-0.15, -0.1) is 0 Å². The number of rotatable bonds is 2. The minimum Gasteiger partial charge on any atom is -0.468 e. The Kier molecular flexibility index (Phi) is 3.33. The molecule has 138 valence electrons. The van der Waals surface area contributed by atoms with Gasteiger partial charge >= 0.3 is 5.97 Å². The van der Waals surface area contributed by atoms with Crippen LogP contribution >= 0.6 is 0 Å². The van der Waals surface area contributed by atoms with Gasteiger partial charge in [0.25, 0.3) is 5.91 Å². The molecule has 5 atom stereocenters. The Morgan fingerprint density at radius 2 is 2.08 bits per heavy atom. The number of esters is 1. The standard InChI is InChI=1S/C16H23N3O5S/c1-15(2)9-4-5-16(15)8-25(22,23)19(11(16)6-9)13(20)12-10(7-17-18-12)14(21)24-3/h7,9-12,18H,4-6,8H2,1-3H3/t9-,10-,11-,12-,16-/m0/s1. The quantitative estimate of drug-likeness (QED) is 0.692. The summed E-state index contributed by atoms with van der Waals surface area (Å²) in [6.07, 6.45) is 3.84. The molecule has 4 aliphatic rings. The molecule has 2 aliphatic carbocycles. The van der Waals surface area contributed by atoms with E-state index < -0.39 is 33.9 Å². The van der Waals surface area contributed by atoms with Gasteiger partial charge in [-0.2, -0.15) is 5.10 Å². The fourth-order valence-electron chi connectivity index (χ4n) is 5.63. The number of hydrazone groups is 1. The molecule has 9 heteroatoms. The number of nitrogens with zero attached hydrogens (tertiary/aromatic N) is 2. The van der Waals surface area contributed by atoms with Crippen molar-refractivity contribution in [1.29, 1.82) is 0 Å². The Hall–Kier alpha value is -1.64. The van der Waals surface area contributed by atoms with Crippen molar-refractivity contribution in [2.45, 2.75) is 45.2 Å². The van der Waals surface area contributed by atoms with E-state index in [0.717, 1.165) is 17.1 Å². The van der Waals surface area contributed by atoms with Gasteiger partial charge in [-0.05, 0) is 30.6 Å². The van der Waals surface area contributed by atoms with Gasteiger partial charge in [0.1, 0.15) is 12.0 Å². The van der Waals surface area contributed by atoms with E-state index in [9.17, 15) is 18.0 Å². The van der Waals surface area contributed by atoms with Crippen LogP contribution in [0.15, 0.2) is 5.10 Å². The SMILES string of the molecule is COC(=O)[C@H]1C=NN[C@@H]1C(=O)N1[C@H]2C[C@@H]3CC[C@@]2(CS1(=O)=O)C3(C)C. The first-order valence-electron chi connectivity index (χ1n) is 8.58. The smallest absolute Gasteiger partial charge is 0.316 e. The molecule has 25 heavy (non-hydrogen) atoms. The fraction of sp³-hybridized carbons (Fsp3) is 0.812. The minimum absolute atomic E-state index is 0.0103. The zero-order valence-corrected chi connectivity index (χ0v) is 15.4. The van der Waals surface area contributed by atoms with E-state index in [0.29, 0.717) is 12.3 Å². The van der Waals surface area contributed by atoms with Crippen molar-refractivity contribution in [3.05, 3.63) is 0 Å². The van der Waals surface area contributed by atoms with E-state index in [1.54, 1.807) is 0 Å². The highest BCUT2D eigenvalue weighted by Gasteiger charge is 2.72. The van der Waals surface area contributed by atoms with Gasteiger partial charge in [0, 0.05) is 11.6 Å². The Morgan fingerprint density at radius 3 is 2.72 bits per heavy atom. The predicted molar refractivity (Wildman–Crippen MR) is 88.9 cm³/mol. The highest BCUT2D eigenvalue weighted by Crippen LogP contribution is 2.70. The molecule has 0 aromatic carbocycles. The van der Waals surface area contributed by atoms with Gasteiger partial charge in [0.05, 0.1) is 18.9 Å². The number of carbonyl (C=O) groups is 2. The molecule has 0 aromatic heterocycles. The summed E-state index contributed by atoms with van der Waals surface area (Å²) >= 11 is 0. The van der Waals surface area contributed by atoms with Crippen molar-refractivity contribution in [2.24, 2.45) is 27.8 Å². The van der Waals surface area contributed by atoms with Crippen molar-refractivity contribution >= 4 is 28.1 Å². The maximum absolute atomic E-state index is 13.1. The molecule has 2 bridgehead atoms. The summed E-state index contributed by atoms with van der Waals surface area (Å²) < 4.78 is 31.6. The molecular formula is C16H23N3O5S. The zero-order valence-electron chi connectivity index (χ0n) is 14.6. The summed E-state index contributed by atoms with van der Waals surface area (Å²) in [5, 5.41) is 3.80. The molecule has 1 N–H and O–H groups in total. The first kappa shape index (κ1) is 16.8. The van der Waals surface area contributed by atoms with Crippen LogP contribution in [0.1, 0.15) is 33.1 Å². The van der Waals surface area contributed by atoms with Crippen LogP contribution in [0.5, 0.6) is 0 Å². The number of nitrogens with one attached hydrogen (secondary N) is 1. The van der Waals surface area contributed by atoms with Gasteiger partial charge in [0.15, 0.2) is 0 Å². The number of hydrogen-bond acceptors (Lipinski definition) is 7. The first-order chi connectivity index (χ1) is 11.7. The molecule has 1 saturated heterocycles. The van der Waals surface area contributed by atoms with Crippen LogP contribution < -0.4 is 5.43 Å². The van der Waals surface area contributed by atoms with Crippen molar-refractivity contribution < 1.29 is 22.7 Å². The monoisotopic (exact) mass is 369 g/mol. The molecule has 8 nitrogen and oxygen atoms in total. The predicted octanol–water partition coefficient (Wildman–Crippen LogP) is 0.100. The van der Waals surface area contributed by atoms with Crippen molar-refractivity contribution in [1.82, 2.24) is 9.73 Å². The van der Waals surface area contributed by atoms with Crippen molar-refractivity contribution in [2.75, 3.05) is 12.9 Å². The average molecular weight is 369 g/mol. The second-order valence-electron chi connectivity index (χ2n) is 8.19. The lowest BCUT2D eigenvalue weighted by molar-refractivity contribution is -0.146. The lowest BCUT2D eigenvalue weighted by Gasteiger charge is -2.37. The number of amides is 1. The van der Waals surface area contributed by atoms with Crippen LogP contribution in [0.4, 0.5) is 0 Å². The van der Waals surface area contributed by atoms with E-state index in [1.165, 1.54) is 13.3 Å². The molecule has 2 heterocycles. The number of carbonyl (C=O) groups excluding carboxylic acids is 2. The van der Waals surface area contributed by atoms with Crippen LogP contribution in [0, 0.1) is 22.7 Å². The van der Waals surface area contributed by atoms with Crippen LogP contribution in [-0.4, -0.2) is 55.8 Å². The van der Waals surface area contributed by atoms with E-state index in [-0.39, 0.29) is 22.6 Å². The maximum atomic E-state index is 13.1. The second kappa shape index (κ2) is 4.96. The Morgan fingerprint density at radius 1 is 1.36 bits per heavy atom. The van der Waals surface area contributed by atoms with Crippen molar-refractivity contribution in [3.63, 3.8) is 0 Å². The van der Waals surface area contributed by atoms with Gasteiger partial charge in [-0.25, -0.2) is 12.7 Å². The summed E-state index contributed by atoms with van der Waals surface area (Å²) in [7, 11) is -2.49. The van der Waals surface area contributed by atoms with E-state index in [4.69, 9.17) is 4.74 Å². The third-order valence-corrected chi connectivity index (χ3v) is 9.09. The van der Waals surface area contributed by atoms with Gasteiger partial charge in [-0.1, -0.05) is 13.8 Å². The summed E-state index contributed by atoms with van der Waals surface area (Å²) in [6.45, 7) is 4.25. The lowest BCUT2D eigenvalue weighted by atomic mass is 9.69. The molecule has 2 aliphatic heterocycles. The number of fused-ring (bicyclic) bond motifs is 1. The van der Waals surface area contributed by atoms with Crippen LogP contribution in [0.3, 0.4) is 0 Å². The molecule has 4 rings (SSSR count). The minimum atomic E-state index is -3.72. The molecule has 0 radical (unpaired) electrons. The summed E-state index contributed by atoms with van der Waals surface area (Å²) in [6, 6.07) is -1.35. The Balaban J connectivity index is 1.69. The molecule has 1 spiro atoms. The fourth-order valence-corrected chi connectivity index (χ4v) is 8.19. The third kappa shape index (κ3) is 1.93. The van der Waals surface area contributed by atoms with Crippen LogP contribution in [0.25, 0.3) is 0 Å².